The number of rotatable bonds is 4. The largest absolute Gasteiger partial charge is 0.872 e. The van der Waals surface area contributed by atoms with Crippen LogP contribution in [0.15, 0.2) is 58.4 Å². The summed E-state index contributed by atoms with van der Waals surface area (Å²) in [5, 5.41) is 12.1. The Morgan fingerprint density at radius 2 is 1.74 bits per heavy atom. The van der Waals surface area contributed by atoms with Gasteiger partial charge in [-0.1, -0.05) is 50.2 Å². The van der Waals surface area contributed by atoms with E-state index in [4.69, 9.17) is 0 Å². The Bertz CT molecular complexity index is 578. The van der Waals surface area contributed by atoms with Crippen molar-refractivity contribution in [3.05, 3.63) is 54.1 Å². The molecule has 0 saturated carbocycles. The van der Waals surface area contributed by atoms with Crippen molar-refractivity contribution in [1.82, 2.24) is 0 Å². The van der Waals surface area contributed by atoms with Crippen LogP contribution in [0.3, 0.4) is 0 Å². The Morgan fingerprint density at radius 3 is 2.47 bits per heavy atom. The summed E-state index contributed by atoms with van der Waals surface area (Å²) in [5.74, 6) is 0.000226. The van der Waals surface area contributed by atoms with Crippen LogP contribution in [0.1, 0.15) is 19.4 Å². The Labute approximate surface area is 118 Å². The summed E-state index contributed by atoms with van der Waals surface area (Å²) in [7, 11) is 0. The smallest absolute Gasteiger partial charge is 0.0765 e. The van der Waals surface area contributed by atoms with Gasteiger partial charge in [0, 0.05) is 16.4 Å². The zero-order chi connectivity index (χ0) is 13.7. The first-order valence-corrected chi connectivity index (χ1v) is 7.10. The first kappa shape index (κ1) is 13.7. The van der Waals surface area contributed by atoms with Gasteiger partial charge in [0.05, 0.1) is 5.69 Å². The van der Waals surface area contributed by atoms with Gasteiger partial charge in [0.1, 0.15) is 0 Å². The van der Waals surface area contributed by atoms with Crippen LogP contribution < -0.4 is 5.11 Å². The molecule has 0 aliphatic rings. The molecule has 0 aliphatic heterocycles. The molecule has 0 aromatic heterocycles. The van der Waals surface area contributed by atoms with Gasteiger partial charge >= 0.3 is 0 Å². The summed E-state index contributed by atoms with van der Waals surface area (Å²) in [6.45, 7) is 4.30. The molecule has 0 unspecified atom stereocenters. The standard InChI is InChI=1S/C16H17NOS/c1-12(2)19-16-10-6-4-8-14(16)17-11-13-7-3-5-9-15(13)18/h3-12,18H,1-2H3/p-1. The second kappa shape index (κ2) is 6.43. The topological polar surface area (TPSA) is 35.4 Å². The molecule has 19 heavy (non-hydrogen) atoms. The third kappa shape index (κ3) is 3.86. The minimum atomic E-state index is 0.000226. The molecule has 0 bridgehead atoms. The molecule has 2 aromatic rings. The van der Waals surface area contributed by atoms with E-state index in [2.05, 4.69) is 24.9 Å². The molecule has 0 N–H and O–H groups in total. The quantitative estimate of drug-likeness (QED) is 0.621. The van der Waals surface area contributed by atoms with Gasteiger partial charge in [-0.05, 0) is 17.7 Å². The predicted molar refractivity (Wildman–Crippen MR) is 80.6 cm³/mol. The van der Waals surface area contributed by atoms with Crippen LogP contribution in [0.4, 0.5) is 5.69 Å². The molecule has 0 amide bonds. The van der Waals surface area contributed by atoms with E-state index in [1.165, 1.54) is 0 Å². The molecule has 98 valence electrons. The number of aliphatic imine (C=N–C) groups is 1. The zero-order valence-electron chi connectivity index (χ0n) is 11.0. The lowest BCUT2D eigenvalue weighted by Crippen LogP contribution is -1.94. The second-order valence-electron chi connectivity index (χ2n) is 4.43. The maximum absolute atomic E-state index is 11.6. The lowest BCUT2D eigenvalue weighted by Gasteiger charge is -2.09. The average molecular weight is 270 g/mol. The molecule has 0 saturated heterocycles. The second-order valence-corrected chi connectivity index (χ2v) is 6.05. The van der Waals surface area contributed by atoms with Gasteiger partial charge in [0.2, 0.25) is 0 Å². The van der Waals surface area contributed by atoms with Crippen molar-refractivity contribution < 1.29 is 5.11 Å². The molecule has 0 radical (unpaired) electrons. The number of hydrogen-bond acceptors (Lipinski definition) is 3. The fourth-order valence-corrected chi connectivity index (χ4v) is 2.55. The van der Waals surface area contributed by atoms with Gasteiger partial charge in [0.25, 0.3) is 0 Å². The van der Waals surface area contributed by atoms with Crippen LogP contribution >= 0.6 is 11.8 Å². The highest BCUT2D eigenvalue weighted by atomic mass is 32.2. The monoisotopic (exact) mass is 270 g/mol. The molecule has 0 fully saturated rings. The molecule has 2 aromatic carbocycles. The Hall–Kier alpha value is -1.74. The van der Waals surface area contributed by atoms with Crippen LogP contribution in [-0.4, -0.2) is 11.5 Å². The molecule has 2 nitrogen and oxygen atoms in total. The predicted octanol–water partition coefficient (Wildman–Crippen LogP) is 4.01. The number of hydrogen-bond donors (Lipinski definition) is 0. The Balaban J connectivity index is 2.26. The van der Waals surface area contributed by atoms with Crippen molar-refractivity contribution in [2.75, 3.05) is 0 Å². The zero-order valence-corrected chi connectivity index (χ0v) is 11.9. The summed E-state index contributed by atoms with van der Waals surface area (Å²) in [5.41, 5.74) is 1.52. The van der Waals surface area contributed by atoms with Crippen molar-refractivity contribution in [3.63, 3.8) is 0 Å². The minimum absolute atomic E-state index is 0.000226. The number of benzene rings is 2. The third-order valence-electron chi connectivity index (χ3n) is 2.49. The molecule has 0 spiro atoms. The maximum atomic E-state index is 11.6. The molecular weight excluding hydrogens is 254 g/mol. The maximum Gasteiger partial charge on any atom is 0.0765 e. The van der Waals surface area contributed by atoms with Crippen LogP contribution in [0.2, 0.25) is 0 Å². The first-order chi connectivity index (χ1) is 9.16. The van der Waals surface area contributed by atoms with Gasteiger partial charge in [0.15, 0.2) is 0 Å². The van der Waals surface area contributed by atoms with Gasteiger partial charge in [-0.15, -0.1) is 17.5 Å². The van der Waals surface area contributed by atoms with E-state index in [1.54, 1.807) is 36.2 Å². The molecule has 2 rings (SSSR count). The van der Waals surface area contributed by atoms with Crippen LogP contribution in [0, 0.1) is 0 Å². The van der Waals surface area contributed by atoms with E-state index < -0.39 is 0 Å². The SMILES string of the molecule is CC(C)Sc1ccccc1N=Cc1ccccc1[O-]. The summed E-state index contributed by atoms with van der Waals surface area (Å²) >= 11 is 1.77. The Morgan fingerprint density at radius 1 is 1.05 bits per heavy atom. The van der Waals surface area contributed by atoms with Gasteiger partial charge in [-0.25, -0.2) is 0 Å². The van der Waals surface area contributed by atoms with Gasteiger partial charge in [-0.3, -0.25) is 4.99 Å². The number of nitrogens with zero attached hydrogens (tertiary/aromatic N) is 1. The fourth-order valence-electron chi connectivity index (χ4n) is 1.64. The van der Waals surface area contributed by atoms with Crippen LogP contribution in [0.25, 0.3) is 0 Å². The van der Waals surface area contributed by atoms with E-state index in [1.807, 2.05) is 24.3 Å². The first-order valence-electron chi connectivity index (χ1n) is 6.22. The highest BCUT2D eigenvalue weighted by molar-refractivity contribution is 8.00. The van der Waals surface area contributed by atoms with E-state index >= 15 is 0 Å². The highest BCUT2D eigenvalue weighted by Crippen LogP contribution is 2.32. The van der Waals surface area contributed by atoms with Crippen molar-refractivity contribution in [3.8, 4) is 5.75 Å². The van der Waals surface area contributed by atoms with Crippen molar-refractivity contribution >= 4 is 23.7 Å². The molecule has 0 heterocycles. The molecule has 3 heteroatoms. The van der Waals surface area contributed by atoms with E-state index in [9.17, 15) is 5.11 Å². The van der Waals surface area contributed by atoms with Gasteiger partial charge in [-0.2, -0.15) is 0 Å². The summed E-state index contributed by atoms with van der Waals surface area (Å²) < 4.78 is 0. The Kier molecular flexibility index (Phi) is 4.63. The van der Waals surface area contributed by atoms with E-state index in [0.717, 1.165) is 10.6 Å². The average Bonchev–Trinajstić information content (AvgIpc) is 2.39. The number of thioether (sulfide) groups is 1. The lowest BCUT2D eigenvalue weighted by molar-refractivity contribution is -0.268. The van der Waals surface area contributed by atoms with Gasteiger partial charge < -0.3 is 5.11 Å². The minimum Gasteiger partial charge on any atom is -0.872 e. The molecule has 0 atom stereocenters. The van der Waals surface area contributed by atoms with Crippen molar-refractivity contribution in [1.29, 1.82) is 0 Å². The third-order valence-corrected chi connectivity index (χ3v) is 3.56. The normalized spacial score (nSPS) is 11.3. The molecular formula is C16H16NOS-. The van der Waals surface area contributed by atoms with E-state index in [-0.39, 0.29) is 5.75 Å². The summed E-state index contributed by atoms with van der Waals surface area (Å²) in [6, 6.07) is 14.9. The van der Waals surface area contributed by atoms with E-state index in [0.29, 0.717) is 10.8 Å². The number of para-hydroxylation sites is 2. The van der Waals surface area contributed by atoms with Crippen molar-refractivity contribution in [2.45, 2.75) is 24.0 Å². The van der Waals surface area contributed by atoms with Crippen LogP contribution in [0.5, 0.6) is 5.75 Å². The summed E-state index contributed by atoms with van der Waals surface area (Å²) in [4.78, 5) is 5.58. The fraction of sp³-hybridized carbons (Fsp3) is 0.188. The van der Waals surface area contributed by atoms with Crippen LogP contribution in [-0.2, 0) is 0 Å². The highest BCUT2D eigenvalue weighted by Gasteiger charge is 2.03. The lowest BCUT2D eigenvalue weighted by atomic mass is 10.2. The summed E-state index contributed by atoms with van der Waals surface area (Å²) in [6.07, 6.45) is 1.64. The molecule has 0 aliphatic carbocycles. The van der Waals surface area contributed by atoms with Crippen molar-refractivity contribution in [2.24, 2.45) is 4.99 Å².